The third-order valence-electron chi connectivity index (χ3n) is 3.20. The van der Waals surface area contributed by atoms with Gasteiger partial charge in [-0.3, -0.25) is 19.7 Å². The van der Waals surface area contributed by atoms with Crippen molar-refractivity contribution in [3.8, 4) is 5.75 Å². The van der Waals surface area contributed by atoms with E-state index in [-0.39, 0.29) is 17.9 Å². The van der Waals surface area contributed by atoms with E-state index in [2.05, 4.69) is 5.32 Å². The minimum atomic E-state index is -1.71. The SMILES string of the molecule is CNC(=O)C(C)(Cc1ccc(OC)c([N+](=O)[O-])c1)C(=O)O. The van der Waals surface area contributed by atoms with Gasteiger partial charge >= 0.3 is 11.7 Å². The molecule has 1 atom stereocenters. The molecular formula is C13H16N2O6. The minimum absolute atomic E-state index is 0.0701. The Hall–Kier alpha value is -2.64. The highest BCUT2D eigenvalue weighted by Crippen LogP contribution is 2.31. The van der Waals surface area contributed by atoms with Gasteiger partial charge in [0, 0.05) is 13.1 Å². The van der Waals surface area contributed by atoms with E-state index < -0.39 is 22.2 Å². The Bertz CT molecular complexity index is 586. The number of hydrogen-bond acceptors (Lipinski definition) is 5. The standard InChI is InChI=1S/C13H16N2O6/c1-13(12(17)18,11(16)14-2)7-8-4-5-10(21-3)9(6-8)15(19)20/h4-6H,7H2,1-3H3,(H,14,16)(H,17,18). The molecule has 1 unspecified atom stereocenters. The second-order valence-electron chi connectivity index (χ2n) is 4.66. The molecule has 21 heavy (non-hydrogen) atoms. The van der Waals surface area contributed by atoms with Crippen LogP contribution in [0.1, 0.15) is 12.5 Å². The Morgan fingerprint density at radius 2 is 2.10 bits per heavy atom. The van der Waals surface area contributed by atoms with E-state index in [1.807, 2.05) is 0 Å². The van der Waals surface area contributed by atoms with Crippen LogP contribution >= 0.6 is 0 Å². The zero-order chi connectivity index (χ0) is 16.2. The van der Waals surface area contributed by atoms with Crippen LogP contribution in [0, 0.1) is 15.5 Å². The summed E-state index contributed by atoms with van der Waals surface area (Å²) in [6.45, 7) is 1.27. The fourth-order valence-electron chi connectivity index (χ4n) is 1.93. The van der Waals surface area contributed by atoms with Gasteiger partial charge in [0.2, 0.25) is 5.91 Å². The first-order valence-electron chi connectivity index (χ1n) is 6.03. The molecule has 1 aromatic carbocycles. The van der Waals surface area contributed by atoms with Gasteiger partial charge < -0.3 is 15.2 Å². The predicted octanol–water partition coefficient (Wildman–Crippen LogP) is 0.983. The maximum atomic E-state index is 11.8. The summed E-state index contributed by atoms with van der Waals surface area (Å²) in [4.78, 5) is 33.4. The molecule has 2 N–H and O–H groups in total. The summed E-state index contributed by atoms with van der Waals surface area (Å²) in [5.41, 5.74) is -1.63. The van der Waals surface area contributed by atoms with Crippen LogP contribution in [0.4, 0.5) is 5.69 Å². The van der Waals surface area contributed by atoms with E-state index in [0.717, 1.165) is 0 Å². The molecule has 0 heterocycles. The first kappa shape index (κ1) is 16.4. The number of carboxylic acid groups (broad SMARTS) is 1. The number of nitro groups is 1. The fraction of sp³-hybridized carbons (Fsp3) is 0.385. The van der Waals surface area contributed by atoms with Crippen LogP contribution in [0.15, 0.2) is 18.2 Å². The largest absolute Gasteiger partial charge is 0.490 e. The van der Waals surface area contributed by atoms with Gasteiger partial charge in [-0.2, -0.15) is 0 Å². The molecule has 8 nitrogen and oxygen atoms in total. The summed E-state index contributed by atoms with van der Waals surface area (Å²) in [7, 11) is 2.63. The molecular weight excluding hydrogens is 280 g/mol. The first-order valence-corrected chi connectivity index (χ1v) is 6.03. The lowest BCUT2D eigenvalue weighted by Crippen LogP contribution is -2.44. The average molecular weight is 296 g/mol. The van der Waals surface area contributed by atoms with Crippen LogP contribution in [0.25, 0.3) is 0 Å². The number of aliphatic carboxylic acids is 1. The van der Waals surface area contributed by atoms with E-state index in [1.165, 1.54) is 39.3 Å². The maximum absolute atomic E-state index is 11.8. The number of carboxylic acids is 1. The number of amides is 1. The quantitative estimate of drug-likeness (QED) is 0.459. The van der Waals surface area contributed by atoms with Gasteiger partial charge in [0.25, 0.3) is 0 Å². The Morgan fingerprint density at radius 3 is 2.52 bits per heavy atom. The third kappa shape index (κ3) is 3.28. The van der Waals surface area contributed by atoms with Gasteiger partial charge in [0.15, 0.2) is 5.75 Å². The molecule has 0 saturated carbocycles. The summed E-state index contributed by atoms with van der Waals surface area (Å²) in [5, 5.41) is 22.5. The molecule has 0 bridgehead atoms. The number of nitrogens with zero attached hydrogens (tertiary/aromatic N) is 1. The lowest BCUT2D eigenvalue weighted by molar-refractivity contribution is -0.385. The topological polar surface area (TPSA) is 119 Å². The van der Waals surface area contributed by atoms with Crippen molar-refractivity contribution in [3.05, 3.63) is 33.9 Å². The number of carbonyl (C=O) groups excluding carboxylic acids is 1. The van der Waals surface area contributed by atoms with Crippen molar-refractivity contribution in [1.82, 2.24) is 5.32 Å². The highest BCUT2D eigenvalue weighted by atomic mass is 16.6. The summed E-state index contributed by atoms with van der Waals surface area (Å²) in [5.74, 6) is -1.91. The molecule has 0 radical (unpaired) electrons. The van der Waals surface area contributed by atoms with Crippen molar-refractivity contribution < 1.29 is 24.4 Å². The lowest BCUT2D eigenvalue weighted by Gasteiger charge is -2.22. The van der Waals surface area contributed by atoms with Crippen LogP contribution in [-0.2, 0) is 16.0 Å². The molecule has 114 valence electrons. The smallest absolute Gasteiger partial charge is 0.319 e. The van der Waals surface area contributed by atoms with Gasteiger partial charge in [0.1, 0.15) is 5.41 Å². The average Bonchev–Trinajstić information content (AvgIpc) is 2.45. The van der Waals surface area contributed by atoms with Crippen LogP contribution in [0.5, 0.6) is 5.75 Å². The van der Waals surface area contributed by atoms with Crippen molar-refractivity contribution in [2.24, 2.45) is 5.41 Å². The monoisotopic (exact) mass is 296 g/mol. The number of nitrogens with one attached hydrogen (secondary N) is 1. The molecule has 1 amide bonds. The molecule has 0 spiro atoms. The van der Waals surface area contributed by atoms with Crippen LogP contribution in [0.2, 0.25) is 0 Å². The fourth-order valence-corrected chi connectivity index (χ4v) is 1.93. The molecule has 0 aliphatic rings. The highest BCUT2D eigenvalue weighted by molar-refractivity contribution is 6.01. The van der Waals surface area contributed by atoms with Crippen molar-refractivity contribution in [2.75, 3.05) is 14.2 Å². The van der Waals surface area contributed by atoms with Crippen LogP contribution < -0.4 is 10.1 Å². The number of methoxy groups -OCH3 is 1. The normalized spacial score (nSPS) is 13.1. The second kappa shape index (κ2) is 6.21. The first-order chi connectivity index (χ1) is 9.76. The van der Waals surface area contributed by atoms with Gasteiger partial charge in [0.05, 0.1) is 12.0 Å². The second-order valence-corrected chi connectivity index (χ2v) is 4.66. The van der Waals surface area contributed by atoms with E-state index in [4.69, 9.17) is 4.74 Å². The van der Waals surface area contributed by atoms with Crippen LogP contribution in [-0.4, -0.2) is 36.1 Å². The Kier molecular flexibility index (Phi) is 4.85. The number of ether oxygens (including phenoxy) is 1. The van der Waals surface area contributed by atoms with E-state index in [1.54, 1.807) is 0 Å². The van der Waals surface area contributed by atoms with E-state index in [0.29, 0.717) is 5.56 Å². The molecule has 1 rings (SSSR count). The third-order valence-corrected chi connectivity index (χ3v) is 3.20. The number of nitro benzene ring substituents is 1. The van der Waals surface area contributed by atoms with Crippen LogP contribution in [0.3, 0.4) is 0 Å². The molecule has 0 aromatic heterocycles. The zero-order valence-electron chi connectivity index (χ0n) is 11.9. The van der Waals surface area contributed by atoms with E-state index >= 15 is 0 Å². The Labute approximate surface area is 120 Å². The van der Waals surface area contributed by atoms with Gasteiger partial charge in [-0.1, -0.05) is 6.07 Å². The summed E-state index contributed by atoms with van der Waals surface area (Å²) < 4.78 is 4.87. The molecule has 1 aromatic rings. The van der Waals surface area contributed by atoms with Crippen molar-refractivity contribution in [3.63, 3.8) is 0 Å². The van der Waals surface area contributed by atoms with Gasteiger partial charge in [-0.05, 0) is 25.0 Å². The molecule has 8 heteroatoms. The van der Waals surface area contributed by atoms with Crippen molar-refractivity contribution in [2.45, 2.75) is 13.3 Å². The Morgan fingerprint density at radius 1 is 1.48 bits per heavy atom. The summed E-state index contributed by atoms with van der Waals surface area (Å²) in [6, 6.07) is 4.08. The molecule has 0 fully saturated rings. The van der Waals surface area contributed by atoms with Gasteiger partial charge in [-0.15, -0.1) is 0 Å². The number of rotatable bonds is 6. The minimum Gasteiger partial charge on any atom is -0.490 e. The summed E-state index contributed by atoms with van der Waals surface area (Å²) in [6.07, 6.45) is -0.174. The van der Waals surface area contributed by atoms with Crippen molar-refractivity contribution in [1.29, 1.82) is 0 Å². The molecule has 0 aliphatic carbocycles. The number of carbonyl (C=O) groups is 2. The maximum Gasteiger partial charge on any atom is 0.319 e. The highest BCUT2D eigenvalue weighted by Gasteiger charge is 2.41. The number of hydrogen-bond donors (Lipinski definition) is 2. The number of benzene rings is 1. The van der Waals surface area contributed by atoms with Crippen molar-refractivity contribution >= 4 is 17.6 Å². The van der Waals surface area contributed by atoms with Gasteiger partial charge in [-0.25, -0.2) is 0 Å². The molecule has 0 saturated heterocycles. The predicted molar refractivity (Wildman–Crippen MR) is 73.2 cm³/mol. The zero-order valence-corrected chi connectivity index (χ0v) is 11.9. The lowest BCUT2D eigenvalue weighted by atomic mass is 9.82. The van der Waals surface area contributed by atoms with E-state index in [9.17, 15) is 24.8 Å². The molecule has 0 aliphatic heterocycles. The Balaban J connectivity index is 3.23. The summed E-state index contributed by atoms with van der Waals surface area (Å²) >= 11 is 0.